The number of rotatable bonds is 3. The minimum atomic E-state index is -0.281. The number of thioether (sulfide) groups is 1. The minimum absolute atomic E-state index is 0.273. The van der Waals surface area contributed by atoms with Gasteiger partial charge in [-0.2, -0.15) is 0 Å². The van der Waals surface area contributed by atoms with Crippen LogP contribution in [0.4, 0.5) is 10.5 Å². The Morgan fingerprint density at radius 3 is 2.17 bits per heavy atom. The molecule has 2 aromatic carbocycles. The highest BCUT2D eigenvalue weighted by Gasteiger charge is 2.36. The second-order valence-electron chi connectivity index (χ2n) is 7.41. The molecule has 0 radical (unpaired) electrons. The molecule has 0 N–H and O–H groups in total. The average molecular weight is 481 g/mol. The third kappa shape index (κ3) is 3.55. The Bertz CT molecular complexity index is 1190. The minimum Gasteiger partial charge on any atom is -0.318 e. The first-order valence-corrected chi connectivity index (χ1v) is 11.2. The summed E-state index contributed by atoms with van der Waals surface area (Å²) in [5.41, 5.74) is 7.05. The Morgan fingerprint density at radius 1 is 0.900 bits per heavy atom. The van der Waals surface area contributed by atoms with Crippen LogP contribution >= 0.6 is 27.7 Å². The molecule has 1 fully saturated rings. The van der Waals surface area contributed by atoms with Crippen LogP contribution in [0, 0.1) is 27.7 Å². The number of hydrogen-bond donors (Lipinski definition) is 0. The van der Waals surface area contributed by atoms with E-state index < -0.39 is 0 Å². The van der Waals surface area contributed by atoms with Gasteiger partial charge >= 0.3 is 0 Å². The van der Waals surface area contributed by atoms with E-state index in [0.29, 0.717) is 10.6 Å². The van der Waals surface area contributed by atoms with E-state index >= 15 is 0 Å². The summed E-state index contributed by atoms with van der Waals surface area (Å²) in [6.45, 7) is 8.24. The van der Waals surface area contributed by atoms with Gasteiger partial charge in [-0.3, -0.25) is 9.59 Å². The van der Waals surface area contributed by atoms with Gasteiger partial charge in [-0.25, -0.2) is 4.90 Å². The highest BCUT2D eigenvalue weighted by atomic mass is 79.9. The maximum absolute atomic E-state index is 12.9. The fourth-order valence-electron chi connectivity index (χ4n) is 3.79. The summed E-state index contributed by atoms with van der Waals surface area (Å²) in [6, 6.07) is 15.4. The second-order valence-corrected chi connectivity index (χ2v) is 9.19. The van der Waals surface area contributed by atoms with Crippen molar-refractivity contribution in [3.63, 3.8) is 0 Å². The zero-order valence-corrected chi connectivity index (χ0v) is 19.6. The maximum atomic E-state index is 12.9. The van der Waals surface area contributed by atoms with Gasteiger partial charge in [0.05, 0.1) is 10.6 Å². The first-order chi connectivity index (χ1) is 14.3. The van der Waals surface area contributed by atoms with Gasteiger partial charge in [-0.15, -0.1) is 0 Å². The Morgan fingerprint density at radius 2 is 1.53 bits per heavy atom. The van der Waals surface area contributed by atoms with Crippen molar-refractivity contribution in [2.75, 3.05) is 4.90 Å². The van der Waals surface area contributed by atoms with Gasteiger partial charge in [0.1, 0.15) is 0 Å². The first-order valence-electron chi connectivity index (χ1n) is 9.57. The van der Waals surface area contributed by atoms with Gasteiger partial charge in [0.25, 0.3) is 11.1 Å². The van der Waals surface area contributed by atoms with E-state index in [2.05, 4.69) is 52.5 Å². The molecule has 1 saturated heterocycles. The maximum Gasteiger partial charge on any atom is 0.298 e. The predicted molar refractivity (Wildman–Crippen MR) is 127 cm³/mol. The number of carbonyl (C=O) groups excluding carboxylic acids is 2. The lowest BCUT2D eigenvalue weighted by molar-refractivity contribution is -0.113. The predicted octanol–water partition coefficient (Wildman–Crippen LogP) is 6.71. The normalized spacial score (nSPS) is 15.5. The summed E-state index contributed by atoms with van der Waals surface area (Å²) < 4.78 is 3.29. The molecule has 4 rings (SSSR count). The summed E-state index contributed by atoms with van der Waals surface area (Å²) in [6.07, 6.45) is 1.82. The fourth-order valence-corrected chi connectivity index (χ4v) is 4.85. The Kier molecular flexibility index (Phi) is 5.47. The number of nitrogens with zero attached hydrogens (tertiary/aromatic N) is 2. The third-order valence-electron chi connectivity index (χ3n) is 5.24. The monoisotopic (exact) mass is 480 g/mol. The Hall–Kier alpha value is -2.57. The summed E-state index contributed by atoms with van der Waals surface area (Å²) in [4.78, 5) is 27.1. The van der Waals surface area contributed by atoms with Crippen molar-refractivity contribution >= 4 is 50.6 Å². The topological polar surface area (TPSA) is 42.3 Å². The summed E-state index contributed by atoms with van der Waals surface area (Å²) in [7, 11) is 0. The molecule has 30 heavy (non-hydrogen) atoms. The van der Waals surface area contributed by atoms with E-state index in [1.54, 1.807) is 12.1 Å². The largest absolute Gasteiger partial charge is 0.318 e. The lowest BCUT2D eigenvalue weighted by Gasteiger charge is -2.13. The van der Waals surface area contributed by atoms with Gasteiger partial charge in [-0.1, -0.05) is 34.1 Å². The van der Waals surface area contributed by atoms with Crippen LogP contribution in [0.2, 0.25) is 0 Å². The van der Waals surface area contributed by atoms with Crippen LogP contribution in [-0.4, -0.2) is 15.7 Å². The smallest absolute Gasteiger partial charge is 0.298 e. The second kappa shape index (κ2) is 7.93. The molecule has 1 aromatic heterocycles. The first kappa shape index (κ1) is 20.7. The highest BCUT2D eigenvalue weighted by Crippen LogP contribution is 2.36. The molecule has 152 valence electrons. The Labute approximate surface area is 188 Å². The van der Waals surface area contributed by atoms with Crippen LogP contribution in [0.25, 0.3) is 11.8 Å². The van der Waals surface area contributed by atoms with Crippen LogP contribution in [-0.2, 0) is 4.79 Å². The molecule has 0 bridgehead atoms. The molecule has 6 heteroatoms. The lowest BCUT2D eigenvalue weighted by atomic mass is 10.1. The summed E-state index contributed by atoms with van der Waals surface area (Å²) in [5.74, 6) is -0.281. The van der Waals surface area contributed by atoms with Crippen LogP contribution in [0.1, 0.15) is 28.1 Å². The van der Waals surface area contributed by atoms with Crippen molar-refractivity contribution in [2.24, 2.45) is 0 Å². The number of para-hydroxylation sites is 1. The number of anilines is 1. The zero-order chi connectivity index (χ0) is 21.6. The van der Waals surface area contributed by atoms with Gasteiger partial charge in [0, 0.05) is 21.5 Å². The standard InChI is InChI=1S/C24H21BrN2O2S/c1-14-10-20(11-15(2)22(14)25)26-16(3)12-18(17(26)4)13-21-23(28)27(24(29)30-21)19-8-6-5-7-9-19/h5-13H,1-4H3/b21-13-. The number of aryl methyl sites for hydroxylation is 3. The molecule has 0 saturated carbocycles. The number of amides is 2. The van der Waals surface area contributed by atoms with Crippen molar-refractivity contribution in [2.45, 2.75) is 27.7 Å². The summed E-state index contributed by atoms with van der Waals surface area (Å²) >= 11 is 4.61. The van der Waals surface area contributed by atoms with Crippen molar-refractivity contribution in [1.29, 1.82) is 0 Å². The molecule has 0 spiro atoms. The van der Waals surface area contributed by atoms with Gasteiger partial charge in [0.2, 0.25) is 0 Å². The van der Waals surface area contributed by atoms with E-state index in [0.717, 1.165) is 38.9 Å². The van der Waals surface area contributed by atoms with Crippen LogP contribution in [0.5, 0.6) is 0 Å². The third-order valence-corrected chi connectivity index (χ3v) is 7.36. The highest BCUT2D eigenvalue weighted by molar-refractivity contribution is 9.10. The number of halogens is 1. The van der Waals surface area contributed by atoms with Gasteiger partial charge < -0.3 is 4.57 Å². The molecule has 3 aromatic rings. The molecule has 1 aliphatic rings. The SMILES string of the molecule is Cc1cc(-n2c(C)cc(/C=C3\SC(=O)N(c4ccccc4)C3=O)c2C)cc(C)c1Br. The number of hydrogen-bond acceptors (Lipinski definition) is 3. The molecular formula is C24H21BrN2O2S. The number of imide groups is 1. The molecule has 4 nitrogen and oxygen atoms in total. The number of aromatic nitrogens is 1. The van der Waals surface area contributed by atoms with Crippen LogP contribution < -0.4 is 4.90 Å². The van der Waals surface area contributed by atoms with Crippen LogP contribution in [0.3, 0.4) is 0 Å². The molecule has 2 amide bonds. The lowest BCUT2D eigenvalue weighted by Crippen LogP contribution is -2.27. The van der Waals surface area contributed by atoms with Crippen molar-refractivity contribution in [3.8, 4) is 5.69 Å². The van der Waals surface area contributed by atoms with Gasteiger partial charge in [-0.05, 0) is 92.6 Å². The van der Waals surface area contributed by atoms with E-state index in [4.69, 9.17) is 0 Å². The van der Waals surface area contributed by atoms with Crippen molar-refractivity contribution in [1.82, 2.24) is 4.57 Å². The molecule has 0 aliphatic carbocycles. The quantitative estimate of drug-likeness (QED) is 0.391. The van der Waals surface area contributed by atoms with E-state index in [1.165, 1.54) is 16.0 Å². The van der Waals surface area contributed by atoms with Crippen LogP contribution in [0.15, 0.2) is 57.9 Å². The van der Waals surface area contributed by atoms with Gasteiger partial charge in [0.15, 0.2) is 0 Å². The molecular weight excluding hydrogens is 460 g/mol. The zero-order valence-electron chi connectivity index (χ0n) is 17.2. The fraction of sp³-hybridized carbons (Fsp3) is 0.167. The summed E-state index contributed by atoms with van der Waals surface area (Å²) in [5, 5.41) is -0.273. The molecule has 0 atom stereocenters. The van der Waals surface area contributed by atoms with Crippen molar-refractivity contribution in [3.05, 3.63) is 86.0 Å². The van der Waals surface area contributed by atoms with E-state index in [1.807, 2.05) is 38.1 Å². The Balaban J connectivity index is 1.73. The van der Waals surface area contributed by atoms with E-state index in [9.17, 15) is 9.59 Å². The van der Waals surface area contributed by atoms with E-state index in [-0.39, 0.29) is 11.1 Å². The van der Waals surface area contributed by atoms with Crippen molar-refractivity contribution < 1.29 is 9.59 Å². The molecule has 0 unspecified atom stereocenters. The average Bonchev–Trinajstić information content (AvgIpc) is 3.14. The number of benzene rings is 2. The number of carbonyl (C=O) groups is 2. The molecule has 2 heterocycles. The molecule has 1 aliphatic heterocycles.